The van der Waals surface area contributed by atoms with Gasteiger partial charge in [-0.3, -0.25) is 0 Å². The number of hydrogen-bond acceptors (Lipinski definition) is 6. The maximum Gasteiger partial charge on any atom is 0.182 e. The first-order chi connectivity index (χ1) is 15.0. The molecule has 156 valence electrons. The van der Waals surface area contributed by atoms with Crippen LogP contribution in [0.5, 0.6) is 0 Å². The molecule has 8 heteroatoms. The highest BCUT2D eigenvalue weighted by Gasteiger charge is 2.32. The minimum absolute atomic E-state index is 0.270. The highest BCUT2D eigenvalue weighted by atomic mass is 19.1. The second-order valence-electron chi connectivity index (χ2n) is 7.56. The van der Waals surface area contributed by atoms with Crippen LogP contribution in [0, 0.1) is 12.7 Å². The number of anilines is 2. The average Bonchev–Trinajstić information content (AvgIpc) is 3.23. The number of rotatable bonds is 4. The number of benzene rings is 2. The third-order valence-electron chi connectivity index (χ3n) is 5.55. The number of aromatic amines is 1. The van der Waals surface area contributed by atoms with Crippen molar-refractivity contribution in [1.82, 2.24) is 19.9 Å². The van der Waals surface area contributed by atoms with Gasteiger partial charge in [0.15, 0.2) is 17.7 Å². The van der Waals surface area contributed by atoms with Crippen LogP contribution in [0.4, 0.5) is 15.9 Å². The van der Waals surface area contributed by atoms with Gasteiger partial charge in [0, 0.05) is 16.9 Å². The molecule has 0 saturated heterocycles. The third kappa shape index (κ3) is 3.30. The normalized spacial score (nSPS) is 16.7. The summed E-state index contributed by atoms with van der Waals surface area (Å²) in [6.45, 7) is 3.93. The second kappa shape index (κ2) is 7.48. The lowest BCUT2D eigenvalue weighted by atomic mass is 9.93. The Morgan fingerprint density at radius 2 is 2.00 bits per heavy atom. The van der Waals surface area contributed by atoms with E-state index in [2.05, 4.69) is 25.3 Å². The van der Waals surface area contributed by atoms with Crippen molar-refractivity contribution in [3.05, 3.63) is 83.3 Å². The predicted octanol–water partition coefficient (Wildman–Crippen LogP) is 4.15. The quantitative estimate of drug-likeness (QED) is 0.463. The van der Waals surface area contributed by atoms with E-state index in [4.69, 9.17) is 0 Å². The van der Waals surface area contributed by atoms with Crippen LogP contribution >= 0.6 is 0 Å². The maximum atomic E-state index is 14.1. The largest absolute Gasteiger partial charge is 0.369 e. The van der Waals surface area contributed by atoms with Gasteiger partial charge in [-0.25, -0.2) is 19.3 Å². The summed E-state index contributed by atoms with van der Waals surface area (Å²) in [5.41, 5.74) is 5.31. The van der Waals surface area contributed by atoms with E-state index in [9.17, 15) is 9.50 Å². The molecule has 1 aliphatic rings. The van der Waals surface area contributed by atoms with E-state index in [0.717, 1.165) is 22.4 Å². The zero-order valence-corrected chi connectivity index (χ0v) is 17.0. The van der Waals surface area contributed by atoms with Gasteiger partial charge >= 0.3 is 0 Å². The van der Waals surface area contributed by atoms with Crippen molar-refractivity contribution in [3.8, 4) is 0 Å². The van der Waals surface area contributed by atoms with Gasteiger partial charge in [0.25, 0.3) is 0 Å². The van der Waals surface area contributed by atoms with Gasteiger partial charge in [0.2, 0.25) is 0 Å². The number of halogens is 1. The van der Waals surface area contributed by atoms with Crippen molar-refractivity contribution in [2.75, 3.05) is 10.2 Å². The van der Waals surface area contributed by atoms with Gasteiger partial charge in [-0.05, 0) is 49.2 Å². The molecule has 0 spiro atoms. The summed E-state index contributed by atoms with van der Waals surface area (Å²) in [6, 6.07) is 11.9. The molecule has 31 heavy (non-hydrogen) atoms. The van der Waals surface area contributed by atoms with Gasteiger partial charge in [-0.1, -0.05) is 24.3 Å². The van der Waals surface area contributed by atoms with Crippen LogP contribution in [0.2, 0.25) is 0 Å². The topological polar surface area (TPSA) is 90.0 Å². The van der Waals surface area contributed by atoms with Gasteiger partial charge in [-0.2, -0.15) is 0 Å². The summed E-state index contributed by atoms with van der Waals surface area (Å²) in [6.07, 6.45) is 4.07. The Bertz CT molecular complexity index is 1300. The lowest BCUT2D eigenvalue weighted by Gasteiger charge is -2.39. The van der Waals surface area contributed by atoms with Crippen molar-refractivity contribution >= 4 is 28.7 Å². The standard InChI is InChI=1S/C23H21FN6O/c1-13-5-3-6-15-9-18(14(2)29-22-20-21(26-11-25-20)27-12-28-22)30(23(31)19(13)15)17-8-4-7-16(24)10-17/h3-12,14,23,31H,1-2H3,(H2,25,26,27,28,29). The van der Waals surface area contributed by atoms with E-state index in [1.165, 1.54) is 18.5 Å². The number of nitrogens with one attached hydrogen (secondary N) is 2. The predicted molar refractivity (Wildman–Crippen MR) is 118 cm³/mol. The van der Waals surface area contributed by atoms with Gasteiger partial charge in [0.1, 0.15) is 17.7 Å². The Morgan fingerprint density at radius 3 is 2.84 bits per heavy atom. The molecule has 7 nitrogen and oxygen atoms in total. The summed E-state index contributed by atoms with van der Waals surface area (Å²) in [4.78, 5) is 17.5. The first kappa shape index (κ1) is 19.2. The van der Waals surface area contributed by atoms with Crippen LogP contribution in [-0.2, 0) is 0 Å². The number of aromatic nitrogens is 4. The number of aliphatic hydroxyl groups excluding tert-OH is 1. The highest BCUT2D eigenvalue weighted by molar-refractivity contribution is 5.83. The molecule has 0 aliphatic carbocycles. The van der Waals surface area contributed by atoms with Crippen molar-refractivity contribution in [2.24, 2.45) is 0 Å². The number of aliphatic hydroxyl groups is 1. The van der Waals surface area contributed by atoms with Crippen LogP contribution in [-0.4, -0.2) is 31.1 Å². The molecule has 0 saturated carbocycles. The molecule has 0 fully saturated rings. The van der Waals surface area contributed by atoms with Crippen LogP contribution in [0.3, 0.4) is 0 Å². The van der Waals surface area contributed by atoms with Crippen LogP contribution < -0.4 is 10.2 Å². The van der Waals surface area contributed by atoms with E-state index < -0.39 is 6.23 Å². The van der Waals surface area contributed by atoms with Gasteiger partial charge in [0.05, 0.1) is 12.4 Å². The summed E-state index contributed by atoms with van der Waals surface area (Å²) >= 11 is 0. The first-order valence-electron chi connectivity index (χ1n) is 9.97. The fourth-order valence-corrected chi connectivity index (χ4v) is 4.08. The van der Waals surface area contributed by atoms with E-state index in [1.54, 1.807) is 23.4 Å². The number of imidazole rings is 1. The summed E-state index contributed by atoms with van der Waals surface area (Å²) in [5, 5.41) is 14.7. The molecule has 3 heterocycles. The lowest BCUT2D eigenvalue weighted by Crippen LogP contribution is -2.38. The number of nitrogens with zero attached hydrogens (tertiary/aromatic N) is 4. The zero-order valence-electron chi connectivity index (χ0n) is 17.0. The maximum absolute atomic E-state index is 14.1. The molecule has 0 bridgehead atoms. The second-order valence-corrected chi connectivity index (χ2v) is 7.56. The zero-order chi connectivity index (χ0) is 21.5. The molecule has 2 aromatic heterocycles. The Morgan fingerprint density at radius 1 is 1.16 bits per heavy atom. The lowest BCUT2D eigenvalue weighted by molar-refractivity contribution is 0.176. The van der Waals surface area contributed by atoms with Crippen molar-refractivity contribution < 1.29 is 9.50 Å². The number of hydrogen-bond donors (Lipinski definition) is 3. The molecule has 3 N–H and O–H groups in total. The minimum atomic E-state index is -0.958. The Labute approximate surface area is 178 Å². The van der Waals surface area contributed by atoms with E-state index in [1.807, 2.05) is 38.1 Å². The molecule has 5 rings (SSSR count). The van der Waals surface area contributed by atoms with Crippen LogP contribution in [0.15, 0.2) is 60.8 Å². The molecule has 4 aromatic rings. The monoisotopic (exact) mass is 416 g/mol. The van der Waals surface area contributed by atoms with Crippen molar-refractivity contribution in [1.29, 1.82) is 0 Å². The number of fused-ring (bicyclic) bond motifs is 2. The van der Waals surface area contributed by atoms with E-state index >= 15 is 0 Å². The molecule has 2 atom stereocenters. The molecular weight excluding hydrogens is 395 g/mol. The number of H-pyrrole nitrogens is 1. The summed E-state index contributed by atoms with van der Waals surface area (Å²) in [5.74, 6) is 0.231. The fraction of sp³-hybridized carbons (Fsp3) is 0.174. The summed E-state index contributed by atoms with van der Waals surface area (Å²) in [7, 11) is 0. The van der Waals surface area contributed by atoms with Gasteiger partial charge in [-0.15, -0.1) is 0 Å². The SMILES string of the molecule is Cc1cccc2c1C(O)N(c1cccc(F)c1)C(C(C)Nc1ncnc3nc[nH]c13)=C2. The highest BCUT2D eigenvalue weighted by Crippen LogP contribution is 2.39. The number of aryl methyl sites for hydroxylation is 1. The van der Waals surface area contributed by atoms with Crippen molar-refractivity contribution in [3.63, 3.8) is 0 Å². The molecule has 2 unspecified atom stereocenters. The van der Waals surface area contributed by atoms with Crippen molar-refractivity contribution in [2.45, 2.75) is 26.1 Å². The third-order valence-corrected chi connectivity index (χ3v) is 5.55. The average molecular weight is 416 g/mol. The van der Waals surface area contributed by atoms with E-state index in [0.29, 0.717) is 22.7 Å². The molecular formula is C23H21FN6O. The minimum Gasteiger partial charge on any atom is -0.369 e. The molecule has 0 amide bonds. The van der Waals surface area contributed by atoms with Crippen LogP contribution in [0.25, 0.3) is 17.2 Å². The summed E-state index contributed by atoms with van der Waals surface area (Å²) < 4.78 is 14.1. The Balaban J connectivity index is 1.61. The Kier molecular flexibility index (Phi) is 4.63. The first-order valence-corrected chi connectivity index (χ1v) is 9.97. The fourth-order valence-electron chi connectivity index (χ4n) is 4.08. The van der Waals surface area contributed by atoms with Crippen LogP contribution in [0.1, 0.15) is 29.8 Å². The molecule has 1 aliphatic heterocycles. The molecule has 2 aromatic carbocycles. The molecule has 0 radical (unpaired) electrons. The Hall–Kier alpha value is -3.78. The smallest absolute Gasteiger partial charge is 0.182 e. The van der Waals surface area contributed by atoms with Gasteiger partial charge < -0.3 is 20.3 Å². The van der Waals surface area contributed by atoms with E-state index in [-0.39, 0.29) is 11.9 Å².